The van der Waals surface area contributed by atoms with Crippen molar-refractivity contribution in [1.82, 2.24) is 4.98 Å². The molecular formula is C13H19N3O4. The second-order valence-electron chi connectivity index (χ2n) is 4.86. The van der Waals surface area contributed by atoms with Crippen LogP contribution in [0.15, 0.2) is 12.3 Å². The Morgan fingerprint density at radius 2 is 2.45 bits per heavy atom. The van der Waals surface area contributed by atoms with E-state index in [0.29, 0.717) is 24.5 Å². The zero-order chi connectivity index (χ0) is 14.5. The van der Waals surface area contributed by atoms with E-state index in [1.54, 1.807) is 19.2 Å². The van der Waals surface area contributed by atoms with Crippen LogP contribution in [0.1, 0.15) is 18.4 Å². The van der Waals surface area contributed by atoms with Crippen LogP contribution in [-0.2, 0) is 4.74 Å². The van der Waals surface area contributed by atoms with E-state index >= 15 is 0 Å². The summed E-state index contributed by atoms with van der Waals surface area (Å²) in [5.74, 6) is 0.410. The first-order valence-corrected chi connectivity index (χ1v) is 6.71. The van der Waals surface area contributed by atoms with Crippen LogP contribution in [0.25, 0.3) is 0 Å². The second-order valence-corrected chi connectivity index (χ2v) is 4.86. The third-order valence-corrected chi connectivity index (χ3v) is 3.41. The Labute approximate surface area is 117 Å². The minimum Gasteiger partial charge on any atom is -0.394 e. The molecular weight excluding hydrogens is 262 g/mol. The van der Waals surface area contributed by atoms with Crippen molar-refractivity contribution in [2.75, 3.05) is 31.2 Å². The molecule has 1 aromatic heterocycles. The van der Waals surface area contributed by atoms with E-state index in [4.69, 9.17) is 9.84 Å². The molecule has 1 atom stereocenters. The zero-order valence-corrected chi connectivity index (χ0v) is 11.5. The number of ether oxygens (including phenoxy) is 1. The van der Waals surface area contributed by atoms with Crippen LogP contribution in [0, 0.1) is 17.0 Å². The standard InChI is InChI=1S/C13H19N3O4/c1-10-4-5-14-13(12(10)16(18)19)15-6-2-3-11(9-15)20-8-7-17/h4-5,11,17H,2-3,6-9H2,1H3. The fourth-order valence-corrected chi connectivity index (χ4v) is 2.48. The van der Waals surface area contributed by atoms with Crippen molar-refractivity contribution in [3.05, 3.63) is 27.9 Å². The molecule has 1 unspecified atom stereocenters. The van der Waals surface area contributed by atoms with Gasteiger partial charge in [-0.1, -0.05) is 0 Å². The van der Waals surface area contributed by atoms with Crippen LogP contribution in [0.4, 0.5) is 11.5 Å². The normalized spacial score (nSPS) is 19.1. The summed E-state index contributed by atoms with van der Waals surface area (Å²) in [6, 6.07) is 1.64. The number of nitro groups is 1. The third-order valence-electron chi connectivity index (χ3n) is 3.41. The number of aryl methyl sites for hydroxylation is 1. The molecule has 110 valence electrons. The van der Waals surface area contributed by atoms with Gasteiger partial charge in [0.05, 0.1) is 24.2 Å². The molecule has 2 heterocycles. The zero-order valence-electron chi connectivity index (χ0n) is 11.5. The Balaban J connectivity index is 2.18. The first-order chi connectivity index (χ1) is 9.63. The van der Waals surface area contributed by atoms with E-state index in [0.717, 1.165) is 19.4 Å². The number of pyridine rings is 1. The second kappa shape index (κ2) is 6.62. The molecule has 7 heteroatoms. The van der Waals surface area contributed by atoms with E-state index in [9.17, 15) is 10.1 Å². The van der Waals surface area contributed by atoms with E-state index in [2.05, 4.69) is 4.98 Å². The third kappa shape index (κ3) is 3.23. The van der Waals surface area contributed by atoms with E-state index in [-0.39, 0.29) is 23.3 Å². The number of nitrogens with zero attached hydrogens (tertiary/aromatic N) is 3. The largest absolute Gasteiger partial charge is 0.394 e. The first kappa shape index (κ1) is 14.7. The van der Waals surface area contributed by atoms with Crippen LogP contribution < -0.4 is 4.90 Å². The molecule has 1 N–H and O–H groups in total. The molecule has 7 nitrogen and oxygen atoms in total. The Hall–Kier alpha value is -1.73. The molecule has 1 saturated heterocycles. The summed E-state index contributed by atoms with van der Waals surface area (Å²) in [7, 11) is 0. The van der Waals surface area contributed by atoms with Gasteiger partial charge in [-0.05, 0) is 25.8 Å². The number of rotatable bonds is 5. The fourth-order valence-electron chi connectivity index (χ4n) is 2.48. The molecule has 0 spiro atoms. The van der Waals surface area contributed by atoms with Crippen molar-refractivity contribution in [3.8, 4) is 0 Å². The Bertz CT molecular complexity index is 481. The fraction of sp³-hybridized carbons (Fsp3) is 0.615. The summed E-state index contributed by atoms with van der Waals surface area (Å²) in [5, 5.41) is 20.0. The minimum atomic E-state index is -0.379. The van der Waals surface area contributed by atoms with Gasteiger partial charge in [0.1, 0.15) is 0 Å². The SMILES string of the molecule is Cc1ccnc(N2CCCC(OCCO)C2)c1[N+](=O)[O-]. The van der Waals surface area contributed by atoms with Crippen molar-refractivity contribution in [3.63, 3.8) is 0 Å². The van der Waals surface area contributed by atoms with E-state index in [1.165, 1.54) is 0 Å². The van der Waals surface area contributed by atoms with Gasteiger partial charge in [-0.2, -0.15) is 0 Å². The average molecular weight is 281 g/mol. The van der Waals surface area contributed by atoms with Gasteiger partial charge >= 0.3 is 5.69 Å². The first-order valence-electron chi connectivity index (χ1n) is 6.71. The molecule has 2 rings (SSSR count). The number of hydrogen-bond acceptors (Lipinski definition) is 6. The molecule has 0 radical (unpaired) electrons. The molecule has 1 aliphatic heterocycles. The lowest BCUT2D eigenvalue weighted by Gasteiger charge is -2.33. The maximum absolute atomic E-state index is 11.2. The molecule has 1 aromatic rings. The number of aromatic nitrogens is 1. The van der Waals surface area contributed by atoms with Crippen LogP contribution in [0.5, 0.6) is 0 Å². The highest BCUT2D eigenvalue weighted by Crippen LogP contribution is 2.31. The topological polar surface area (TPSA) is 88.7 Å². The lowest BCUT2D eigenvalue weighted by molar-refractivity contribution is -0.384. The van der Waals surface area contributed by atoms with Crippen LogP contribution in [0.3, 0.4) is 0 Å². The van der Waals surface area contributed by atoms with Crippen molar-refractivity contribution in [2.45, 2.75) is 25.9 Å². The molecule has 0 aromatic carbocycles. The number of piperidine rings is 1. The molecule has 0 amide bonds. The van der Waals surface area contributed by atoms with Gasteiger partial charge in [0.15, 0.2) is 0 Å². The lowest BCUT2D eigenvalue weighted by Crippen LogP contribution is -2.40. The number of anilines is 1. The van der Waals surface area contributed by atoms with Crippen LogP contribution in [0.2, 0.25) is 0 Å². The number of hydrogen-bond donors (Lipinski definition) is 1. The highest BCUT2D eigenvalue weighted by molar-refractivity contribution is 5.61. The predicted molar refractivity (Wildman–Crippen MR) is 73.9 cm³/mol. The molecule has 1 fully saturated rings. The minimum absolute atomic E-state index is 0.0145. The molecule has 0 saturated carbocycles. The van der Waals surface area contributed by atoms with E-state index in [1.807, 2.05) is 4.90 Å². The van der Waals surface area contributed by atoms with Crippen molar-refractivity contribution in [2.24, 2.45) is 0 Å². The maximum atomic E-state index is 11.2. The molecule has 20 heavy (non-hydrogen) atoms. The molecule has 0 aliphatic carbocycles. The summed E-state index contributed by atoms with van der Waals surface area (Å²) in [5.41, 5.74) is 0.675. The predicted octanol–water partition coefficient (Wildman–Crippen LogP) is 1.28. The van der Waals surface area contributed by atoms with Crippen LogP contribution in [-0.4, -0.2) is 47.4 Å². The highest BCUT2D eigenvalue weighted by Gasteiger charge is 2.28. The molecule has 1 aliphatic rings. The van der Waals surface area contributed by atoms with Gasteiger partial charge in [0.2, 0.25) is 5.82 Å². The van der Waals surface area contributed by atoms with Crippen molar-refractivity contribution < 1.29 is 14.8 Å². The van der Waals surface area contributed by atoms with Crippen LogP contribution >= 0.6 is 0 Å². The summed E-state index contributed by atoms with van der Waals surface area (Å²) < 4.78 is 5.53. The lowest BCUT2D eigenvalue weighted by atomic mass is 10.1. The smallest absolute Gasteiger partial charge is 0.314 e. The van der Waals surface area contributed by atoms with Gasteiger partial charge in [0, 0.05) is 24.8 Å². The van der Waals surface area contributed by atoms with E-state index < -0.39 is 0 Å². The Kier molecular flexibility index (Phi) is 4.86. The van der Waals surface area contributed by atoms with Gasteiger partial charge in [-0.15, -0.1) is 0 Å². The van der Waals surface area contributed by atoms with Gasteiger partial charge < -0.3 is 14.7 Å². The van der Waals surface area contributed by atoms with Gasteiger partial charge in [0.25, 0.3) is 0 Å². The summed E-state index contributed by atoms with van der Waals surface area (Å²) in [6.07, 6.45) is 3.37. The average Bonchev–Trinajstić information content (AvgIpc) is 2.44. The van der Waals surface area contributed by atoms with Crippen molar-refractivity contribution in [1.29, 1.82) is 0 Å². The molecule has 0 bridgehead atoms. The summed E-state index contributed by atoms with van der Waals surface area (Å²) >= 11 is 0. The monoisotopic (exact) mass is 281 g/mol. The summed E-state index contributed by atoms with van der Waals surface area (Å²) in [4.78, 5) is 16.9. The Morgan fingerprint density at radius 1 is 1.65 bits per heavy atom. The summed E-state index contributed by atoms with van der Waals surface area (Å²) in [6.45, 7) is 3.29. The quantitative estimate of drug-likeness (QED) is 0.646. The van der Waals surface area contributed by atoms with Gasteiger partial charge in [-0.25, -0.2) is 4.98 Å². The Morgan fingerprint density at radius 3 is 3.15 bits per heavy atom. The number of aliphatic hydroxyl groups is 1. The van der Waals surface area contributed by atoms with Crippen molar-refractivity contribution >= 4 is 11.5 Å². The number of aliphatic hydroxyl groups excluding tert-OH is 1. The highest BCUT2D eigenvalue weighted by atomic mass is 16.6. The maximum Gasteiger partial charge on any atom is 0.314 e. The van der Waals surface area contributed by atoms with Gasteiger partial charge in [-0.3, -0.25) is 10.1 Å².